The summed E-state index contributed by atoms with van der Waals surface area (Å²) in [6.07, 6.45) is 6.17. The summed E-state index contributed by atoms with van der Waals surface area (Å²) in [5.41, 5.74) is 4.46. The Morgan fingerprint density at radius 1 is 1.41 bits per heavy atom. The number of benzene rings is 1. The van der Waals surface area contributed by atoms with Gasteiger partial charge in [0.2, 0.25) is 0 Å². The Balaban J connectivity index is 1.49. The molecule has 7 heteroatoms. The Labute approximate surface area is 158 Å². The first-order valence-corrected chi connectivity index (χ1v) is 9.17. The van der Waals surface area contributed by atoms with Crippen molar-refractivity contribution in [1.82, 2.24) is 15.3 Å². The minimum absolute atomic E-state index is 0.132. The lowest BCUT2D eigenvalue weighted by Gasteiger charge is -2.24. The van der Waals surface area contributed by atoms with Crippen LogP contribution >= 0.6 is 0 Å². The molecule has 0 saturated heterocycles. The van der Waals surface area contributed by atoms with Crippen LogP contribution in [0.5, 0.6) is 0 Å². The van der Waals surface area contributed by atoms with Crippen LogP contribution in [0.3, 0.4) is 0 Å². The Morgan fingerprint density at radius 2 is 2.33 bits per heavy atom. The summed E-state index contributed by atoms with van der Waals surface area (Å²) in [7, 11) is 0. The highest BCUT2D eigenvalue weighted by molar-refractivity contribution is 5.92. The average Bonchev–Trinajstić information content (AvgIpc) is 3.44. The van der Waals surface area contributed by atoms with Crippen LogP contribution in [0.2, 0.25) is 0 Å². The molecule has 0 radical (unpaired) electrons. The number of amides is 2. The normalized spacial score (nSPS) is 12.9. The van der Waals surface area contributed by atoms with Crippen LogP contribution in [0, 0.1) is 0 Å². The van der Waals surface area contributed by atoms with E-state index in [2.05, 4.69) is 32.3 Å². The fourth-order valence-electron chi connectivity index (χ4n) is 3.46. The Morgan fingerprint density at radius 3 is 3.07 bits per heavy atom. The Kier molecular flexibility index (Phi) is 4.82. The van der Waals surface area contributed by atoms with Gasteiger partial charge in [0.15, 0.2) is 0 Å². The monoisotopic (exact) mass is 365 g/mol. The number of hydrogen-bond acceptors (Lipinski definition) is 4. The van der Waals surface area contributed by atoms with Gasteiger partial charge in [0.1, 0.15) is 5.76 Å². The van der Waals surface area contributed by atoms with Gasteiger partial charge in [-0.05, 0) is 43.2 Å². The lowest BCUT2D eigenvalue weighted by Crippen LogP contribution is -2.39. The molecule has 0 saturated carbocycles. The van der Waals surface area contributed by atoms with Crippen molar-refractivity contribution in [2.24, 2.45) is 0 Å². The number of aromatic amines is 1. The molecule has 0 aliphatic carbocycles. The second kappa shape index (κ2) is 7.57. The van der Waals surface area contributed by atoms with E-state index >= 15 is 0 Å². The number of nitrogens with zero attached hydrogens (tertiary/aromatic N) is 3. The van der Waals surface area contributed by atoms with E-state index in [1.165, 1.54) is 11.3 Å². The molecule has 1 aromatic carbocycles. The SMILES string of the molecule is CCN(C(=O)NCc1ccco1)c1ccc2c(c1)N(Cc1cnc[nH]1)CC2. The number of fused-ring (bicyclic) bond motifs is 1. The predicted octanol–water partition coefficient (Wildman–Crippen LogP) is 3.30. The number of carbonyl (C=O) groups is 1. The molecule has 2 aromatic heterocycles. The van der Waals surface area contributed by atoms with Crippen molar-refractivity contribution >= 4 is 17.4 Å². The first-order chi connectivity index (χ1) is 13.2. The van der Waals surface area contributed by atoms with Crippen LogP contribution in [-0.2, 0) is 19.5 Å². The topological polar surface area (TPSA) is 77.4 Å². The van der Waals surface area contributed by atoms with Crippen LogP contribution in [0.15, 0.2) is 53.5 Å². The summed E-state index contributed by atoms with van der Waals surface area (Å²) < 4.78 is 5.28. The highest BCUT2D eigenvalue weighted by Crippen LogP contribution is 2.33. The maximum Gasteiger partial charge on any atom is 0.322 e. The van der Waals surface area contributed by atoms with Gasteiger partial charge in [0, 0.05) is 30.7 Å². The number of aromatic nitrogens is 2. The van der Waals surface area contributed by atoms with Crippen LogP contribution in [0.4, 0.5) is 16.2 Å². The van der Waals surface area contributed by atoms with Gasteiger partial charge in [-0.15, -0.1) is 0 Å². The van der Waals surface area contributed by atoms with Gasteiger partial charge in [-0.1, -0.05) is 6.07 Å². The molecule has 2 N–H and O–H groups in total. The summed E-state index contributed by atoms with van der Waals surface area (Å²) in [5.74, 6) is 0.735. The molecular formula is C20H23N5O2. The number of anilines is 2. The number of nitrogens with one attached hydrogen (secondary N) is 2. The lowest BCUT2D eigenvalue weighted by molar-refractivity contribution is 0.245. The number of urea groups is 1. The van der Waals surface area contributed by atoms with Crippen molar-refractivity contribution < 1.29 is 9.21 Å². The van der Waals surface area contributed by atoms with E-state index in [0.717, 1.165) is 36.7 Å². The first-order valence-electron chi connectivity index (χ1n) is 9.17. The molecule has 27 heavy (non-hydrogen) atoms. The molecule has 140 valence electrons. The maximum atomic E-state index is 12.7. The molecule has 0 atom stereocenters. The zero-order chi connectivity index (χ0) is 18.6. The molecule has 0 bridgehead atoms. The van der Waals surface area contributed by atoms with Crippen LogP contribution in [0.25, 0.3) is 0 Å². The molecule has 4 rings (SSSR count). The average molecular weight is 365 g/mol. The molecule has 1 aliphatic rings. The second-order valence-electron chi connectivity index (χ2n) is 6.54. The van der Waals surface area contributed by atoms with Crippen molar-refractivity contribution in [3.8, 4) is 0 Å². The minimum atomic E-state index is -0.132. The predicted molar refractivity (Wildman–Crippen MR) is 104 cm³/mol. The van der Waals surface area contributed by atoms with E-state index in [9.17, 15) is 4.79 Å². The van der Waals surface area contributed by atoms with Gasteiger partial charge in [0.25, 0.3) is 0 Å². The Hall–Kier alpha value is -3.22. The lowest BCUT2D eigenvalue weighted by atomic mass is 10.1. The number of furan rings is 1. The molecule has 2 amide bonds. The summed E-state index contributed by atoms with van der Waals surface area (Å²) >= 11 is 0. The third kappa shape index (κ3) is 3.67. The Bertz CT molecular complexity index is 889. The molecule has 1 aliphatic heterocycles. The zero-order valence-electron chi connectivity index (χ0n) is 15.3. The van der Waals surface area contributed by atoms with Gasteiger partial charge in [-0.25, -0.2) is 9.78 Å². The van der Waals surface area contributed by atoms with E-state index in [4.69, 9.17) is 4.42 Å². The summed E-state index contributed by atoms with van der Waals surface area (Å²) in [6.45, 7) is 4.69. The van der Waals surface area contributed by atoms with Gasteiger partial charge in [0.05, 0.1) is 31.4 Å². The number of rotatable bonds is 6. The van der Waals surface area contributed by atoms with Crippen molar-refractivity contribution in [1.29, 1.82) is 0 Å². The van der Waals surface area contributed by atoms with Crippen LogP contribution < -0.4 is 15.1 Å². The highest BCUT2D eigenvalue weighted by Gasteiger charge is 2.22. The van der Waals surface area contributed by atoms with E-state index in [1.807, 2.05) is 31.3 Å². The van der Waals surface area contributed by atoms with E-state index in [1.54, 1.807) is 17.5 Å². The minimum Gasteiger partial charge on any atom is -0.467 e. The summed E-state index contributed by atoms with van der Waals surface area (Å²) in [6, 6.07) is 9.78. The first kappa shape index (κ1) is 17.2. The number of hydrogen-bond donors (Lipinski definition) is 2. The maximum absolute atomic E-state index is 12.7. The fraction of sp³-hybridized carbons (Fsp3) is 0.300. The van der Waals surface area contributed by atoms with Gasteiger partial charge >= 0.3 is 6.03 Å². The van der Waals surface area contributed by atoms with Crippen molar-refractivity contribution in [3.63, 3.8) is 0 Å². The van der Waals surface area contributed by atoms with Crippen LogP contribution in [-0.4, -0.2) is 29.1 Å². The standard InChI is InChI=1S/C20H23N5O2/c1-2-25(20(26)22-12-18-4-3-9-27-18)17-6-5-15-7-8-24(19(15)10-17)13-16-11-21-14-23-16/h3-6,9-11,14H,2,7-8,12-13H2,1H3,(H,21,23)(H,22,26). The largest absolute Gasteiger partial charge is 0.467 e. The van der Waals surface area contributed by atoms with Crippen molar-refractivity contribution in [3.05, 3.63) is 66.1 Å². The van der Waals surface area contributed by atoms with Crippen molar-refractivity contribution in [2.45, 2.75) is 26.4 Å². The summed E-state index contributed by atoms with van der Waals surface area (Å²) in [5, 5.41) is 2.92. The molecule has 0 spiro atoms. The molecular weight excluding hydrogens is 342 g/mol. The molecule has 0 unspecified atom stereocenters. The zero-order valence-corrected chi connectivity index (χ0v) is 15.3. The number of imidazole rings is 1. The molecule has 0 fully saturated rings. The van der Waals surface area contributed by atoms with Gasteiger partial charge in [-0.3, -0.25) is 4.90 Å². The van der Waals surface area contributed by atoms with Crippen LogP contribution in [0.1, 0.15) is 23.9 Å². The molecule has 7 nitrogen and oxygen atoms in total. The number of carbonyl (C=O) groups excluding carboxylic acids is 1. The number of H-pyrrole nitrogens is 1. The highest BCUT2D eigenvalue weighted by atomic mass is 16.3. The van der Waals surface area contributed by atoms with Crippen molar-refractivity contribution in [2.75, 3.05) is 22.9 Å². The van der Waals surface area contributed by atoms with E-state index in [-0.39, 0.29) is 6.03 Å². The third-order valence-electron chi connectivity index (χ3n) is 4.84. The van der Waals surface area contributed by atoms with E-state index in [0.29, 0.717) is 13.1 Å². The fourth-order valence-corrected chi connectivity index (χ4v) is 3.46. The molecule has 3 aromatic rings. The third-order valence-corrected chi connectivity index (χ3v) is 4.84. The smallest absolute Gasteiger partial charge is 0.322 e. The second-order valence-corrected chi connectivity index (χ2v) is 6.54. The summed E-state index contributed by atoms with van der Waals surface area (Å²) in [4.78, 5) is 24.0. The van der Waals surface area contributed by atoms with Gasteiger partial charge in [-0.2, -0.15) is 0 Å². The van der Waals surface area contributed by atoms with Gasteiger partial charge < -0.3 is 19.6 Å². The quantitative estimate of drug-likeness (QED) is 0.703. The van der Waals surface area contributed by atoms with E-state index < -0.39 is 0 Å². The molecule has 3 heterocycles.